The lowest BCUT2D eigenvalue weighted by Crippen LogP contribution is -2.02. The number of phosphoric ester groups is 1. The lowest BCUT2D eigenvalue weighted by Gasteiger charge is -2.10. The molecular formula is C10H24NO5P. The van der Waals surface area contributed by atoms with Crippen LogP contribution in [0.15, 0.2) is 12.7 Å². The van der Waals surface area contributed by atoms with E-state index in [-0.39, 0.29) is 19.8 Å². The standard InChI is InChI=1S/C8H17O4P.C2H7NO/c1-3-5-6-8-12-13(9,10)11-7-4-2;3-1-2-4/h4H,2-3,5-8H2,1H3,(H,9,10);4H,1-3H2. The predicted octanol–water partition coefficient (Wildman–Crippen LogP) is 1.43. The Morgan fingerprint density at radius 3 is 2.41 bits per heavy atom. The predicted molar refractivity (Wildman–Crippen MR) is 67.6 cm³/mol. The molecule has 0 heterocycles. The Kier molecular flexibility index (Phi) is 15.6. The van der Waals surface area contributed by atoms with E-state index < -0.39 is 7.82 Å². The maximum Gasteiger partial charge on any atom is 0.472 e. The smallest absolute Gasteiger partial charge is 0.395 e. The fraction of sp³-hybridized carbons (Fsp3) is 0.800. The van der Waals surface area contributed by atoms with Gasteiger partial charge in [-0.1, -0.05) is 25.8 Å². The van der Waals surface area contributed by atoms with Crippen molar-refractivity contribution in [2.24, 2.45) is 5.73 Å². The van der Waals surface area contributed by atoms with Crippen molar-refractivity contribution in [3.8, 4) is 0 Å². The van der Waals surface area contributed by atoms with Crippen LogP contribution >= 0.6 is 7.82 Å². The Balaban J connectivity index is 0. The summed E-state index contributed by atoms with van der Waals surface area (Å²) in [5.41, 5.74) is 4.78. The molecule has 0 aliphatic carbocycles. The van der Waals surface area contributed by atoms with Gasteiger partial charge in [-0.2, -0.15) is 0 Å². The van der Waals surface area contributed by atoms with Crippen LogP contribution in [0.1, 0.15) is 26.2 Å². The molecule has 0 amide bonds. The van der Waals surface area contributed by atoms with Gasteiger partial charge in [-0.05, 0) is 6.42 Å². The lowest BCUT2D eigenvalue weighted by molar-refractivity contribution is 0.159. The van der Waals surface area contributed by atoms with Crippen molar-refractivity contribution < 1.29 is 23.6 Å². The maximum absolute atomic E-state index is 11.0. The molecule has 0 spiro atoms. The minimum atomic E-state index is -3.82. The summed E-state index contributed by atoms with van der Waals surface area (Å²) in [4.78, 5) is 9.01. The van der Waals surface area contributed by atoms with E-state index in [1.165, 1.54) is 6.08 Å². The van der Waals surface area contributed by atoms with Crippen molar-refractivity contribution in [3.05, 3.63) is 12.7 Å². The van der Waals surface area contributed by atoms with Crippen LogP contribution < -0.4 is 5.73 Å². The van der Waals surface area contributed by atoms with Crippen LogP contribution in [0.5, 0.6) is 0 Å². The third kappa shape index (κ3) is 18.3. The van der Waals surface area contributed by atoms with E-state index in [0.717, 1.165) is 19.3 Å². The number of aliphatic hydroxyl groups is 1. The molecular weight excluding hydrogens is 245 g/mol. The molecule has 0 saturated carbocycles. The first-order chi connectivity index (χ1) is 8.04. The molecule has 7 heteroatoms. The summed E-state index contributed by atoms with van der Waals surface area (Å²) in [6, 6.07) is 0. The monoisotopic (exact) mass is 269 g/mol. The maximum atomic E-state index is 11.0. The van der Waals surface area contributed by atoms with Crippen molar-refractivity contribution in [3.63, 3.8) is 0 Å². The molecule has 104 valence electrons. The Morgan fingerprint density at radius 1 is 1.41 bits per heavy atom. The summed E-state index contributed by atoms with van der Waals surface area (Å²) in [7, 11) is -3.82. The third-order valence-corrected chi connectivity index (χ3v) is 2.47. The molecule has 0 rings (SSSR count). The van der Waals surface area contributed by atoms with Crippen LogP contribution in [0, 0.1) is 0 Å². The zero-order valence-corrected chi connectivity index (χ0v) is 11.3. The highest BCUT2D eigenvalue weighted by Crippen LogP contribution is 2.43. The zero-order chi connectivity index (χ0) is 13.6. The molecule has 0 radical (unpaired) electrons. The van der Waals surface area contributed by atoms with E-state index >= 15 is 0 Å². The lowest BCUT2D eigenvalue weighted by atomic mass is 10.3. The highest BCUT2D eigenvalue weighted by molar-refractivity contribution is 7.47. The molecule has 6 nitrogen and oxygen atoms in total. The van der Waals surface area contributed by atoms with Gasteiger partial charge in [-0.15, -0.1) is 6.58 Å². The SMILES string of the molecule is C=CCOP(=O)(O)OCCCCC.NCCO. The number of hydrogen-bond acceptors (Lipinski definition) is 5. The zero-order valence-electron chi connectivity index (χ0n) is 10.4. The second kappa shape index (κ2) is 13.8. The first-order valence-electron chi connectivity index (χ1n) is 5.57. The van der Waals surface area contributed by atoms with Crippen LogP contribution in [0.2, 0.25) is 0 Å². The summed E-state index contributed by atoms with van der Waals surface area (Å²) < 4.78 is 20.2. The van der Waals surface area contributed by atoms with Gasteiger partial charge in [0, 0.05) is 6.54 Å². The van der Waals surface area contributed by atoms with Gasteiger partial charge in [0.2, 0.25) is 0 Å². The van der Waals surface area contributed by atoms with Gasteiger partial charge in [0.25, 0.3) is 0 Å². The van der Waals surface area contributed by atoms with E-state index in [9.17, 15) is 4.57 Å². The fourth-order valence-electron chi connectivity index (χ4n) is 0.716. The van der Waals surface area contributed by atoms with Gasteiger partial charge in [-0.3, -0.25) is 9.05 Å². The molecule has 1 unspecified atom stereocenters. The molecule has 0 bridgehead atoms. The van der Waals surface area contributed by atoms with Crippen molar-refractivity contribution in [1.82, 2.24) is 0 Å². The van der Waals surface area contributed by atoms with Gasteiger partial charge in [0.05, 0.1) is 19.8 Å². The molecule has 0 fully saturated rings. The minimum Gasteiger partial charge on any atom is -0.395 e. The summed E-state index contributed by atoms with van der Waals surface area (Å²) in [6.07, 6.45) is 4.21. The largest absolute Gasteiger partial charge is 0.472 e. The Bertz CT molecular complexity index is 211. The summed E-state index contributed by atoms with van der Waals surface area (Å²) >= 11 is 0. The molecule has 0 aromatic heterocycles. The van der Waals surface area contributed by atoms with Crippen molar-refractivity contribution in [2.75, 3.05) is 26.4 Å². The number of nitrogens with two attached hydrogens (primary N) is 1. The molecule has 0 aromatic carbocycles. The average Bonchev–Trinajstić information content (AvgIpc) is 2.32. The summed E-state index contributed by atoms with van der Waals surface area (Å²) in [5.74, 6) is 0. The highest BCUT2D eigenvalue weighted by Gasteiger charge is 2.19. The molecule has 17 heavy (non-hydrogen) atoms. The summed E-state index contributed by atoms with van der Waals surface area (Å²) in [6.45, 7) is 6.17. The van der Waals surface area contributed by atoms with Crippen LogP contribution in [-0.4, -0.2) is 36.4 Å². The Morgan fingerprint density at radius 2 is 2.00 bits per heavy atom. The Hall–Kier alpha value is -0.230. The van der Waals surface area contributed by atoms with Crippen LogP contribution in [0.4, 0.5) is 0 Å². The number of rotatable bonds is 9. The highest BCUT2D eigenvalue weighted by atomic mass is 31.2. The molecule has 1 atom stereocenters. The molecule has 0 aliphatic heterocycles. The molecule has 0 aromatic rings. The molecule has 0 aliphatic rings. The number of phosphoric acid groups is 1. The second-order valence-electron chi connectivity index (χ2n) is 3.11. The van der Waals surface area contributed by atoms with E-state index in [1.54, 1.807) is 0 Å². The quantitative estimate of drug-likeness (QED) is 0.332. The van der Waals surface area contributed by atoms with Crippen molar-refractivity contribution in [2.45, 2.75) is 26.2 Å². The van der Waals surface area contributed by atoms with Crippen LogP contribution in [0.3, 0.4) is 0 Å². The topological polar surface area (TPSA) is 102 Å². The van der Waals surface area contributed by atoms with E-state index in [2.05, 4.69) is 15.6 Å². The van der Waals surface area contributed by atoms with E-state index in [1.807, 2.05) is 6.92 Å². The molecule has 0 saturated heterocycles. The van der Waals surface area contributed by atoms with Crippen molar-refractivity contribution in [1.29, 1.82) is 0 Å². The van der Waals surface area contributed by atoms with Crippen LogP contribution in [0.25, 0.3) is 0 Å². The van der Waals surface area contributed by atoms with Gasteiger partial charge in [0.1, 0.15) is 0 Å². The first kappa shape index (κ1) is 19.1. The second-order valence-corrected chi connectivity index (χ2v) is 4.56. The number of unbranched alkanes of at least 4 members (excludes halogenated alkanes) is 2. The first-order valence-corrected chi connectivity index (χ1v) is 7.07. The molecule has 4 N–H and O–H groups in total. The Labute approximate surface area is 103 Å². The van der Waals surface area contributed by atoms with Gasteiger partial charge in [-0.25, -0.2) is 4.57 Å². The minimum absolute atomic E-state index is 0.0293. The van der Waals surface area contributed by atoms with Gasteiger partial charge < -0.3 is 15.7 Å². The van der Waals surface area contributed by atoms with E-state index in [0.29, 0.717) is 6.54 Å². The average molecular weight is 269 g/mol. The van der Waals surface area contributed by atoms with E-state index in [4.69, 9.17) is 15.7 Å². The normalized spacial score (nSPS) is 13.4. The fourth-order valence-corrected chi connectivity index (χ4v) is 1.44. The van der Waals surface area contributed by atoms with Gasteiger partial charge in [0.15, 0.2) is 0 Å². The number of aliphatic hydroxyl groups excluding tert-OH is 1. The van der Waals surface area contributed by atoms with Gasteiger partial charge >= 0.3 is 7.82 Å². The van der Waals surface area contributed by atoms with Crippen molar-refractivity contribution >= 4 is 7.82 Å². The number of hydrogen-bond donors (Lipinski definition) is 3. The third-order valence-electron chi connectivity index (χ3n) is 1.49. The van der Waals surface area contributed by atoms with Crippen LogP contribution in [-0.2, 0) is 13.6 Å². The summed E-state index contributed by atoms with van der Waals surface area (Å²) in [5, 5.41) is 7.75.